The fourth-order valence-electron chi connectivity index (χ4n) is 2.31. The lowest BCUT2D eigenvalue weighted by atomic mass is 10.2. The van der Waals surface area contributed by atoms with Gasteiger partial charge in [-0.2, -0.15) is 0 Å². The van der Waals surface area contributed by atoms with Crippen molar-refractivity contribution in [1.82, 2.24) is 4.90 Å². The fraction of sp³-hybridized carbons (Fsp3) is 0.480. The number of hydrogen-bond acceptors (Lipinski definition) is 2. The Bertz CT molecular complexity index is 539. The summed E-state index contributed by atoms with van der Waals surface area (Å²) < 4.78 is 0. The van der Waals surface area contributed by atoms with Gasteiger partial charge in [-0.15, -0.1) is 0 Å². The summed E-state index contributed by atoms with van der Waals surface area (Å²) in [5.41, 5.74) is 0. The lowest BCUT2D eigenvalue weighted by Crippen LogP contribution is -2.28. The maximum absolute atomic E-state index is 11.7. The van der Waals surface area contributed by atoms with E-state index in [1.165, 1.54) is 0 Å². The van der Waals surface area contributed by atoms with Gasteiger partial charge < -0.3 is 10.0 Å². The number of likely N-dealkylation sites (N-methyl/N-ethyl adjacent to an activating group) is 1. The molecule has 0 aromatic heterocycles. The highest BCUT2D eigenvalue weighted by Crippen LogP contribution is 1.99. The average Bonchev–Trinajstić information content (AvgIpc) is 2.69. The van der Waals surface area contributed by atoms with Gasteiger partial charge in [-0.05, 0) is 44.9 Å². The molecule has 0 saturated carbocycles. The molecule has 0 unspecified atom stereocenters. The van der Waals surface area contributed by atoms with Crippen LogP contribution in [0.5, 0.6) is 0 Å². The summed E-state index contributed by atoms with van der Waals surface area (Å²) in [7, 11) is 1.72. The normalized spacial score (nSPS) is 12.8. The molecular weight excluding hydrogens is 346 g/mol. The van der Waals surface area contributed by atoms with Crippen molar-refractivity contribution in [3.05, 3.63) is 72.9 Å². The second kappa shape index (κ2) is 21.2. The minimum Gasteiger partial charge on any atom is -0.395 e. The molecule has 3 nitrogen and oxygen atoms in total. The third kappa shape index (κ3) is 18.7. The maximum atomic E-state index is 11.7. The van der Waals surface area contributed by atoms with Gasteiger partial charge in [0, 0.05) is 20.0 Å². The zero-order valence-corrected chi connectivity index (χ0v) is 17.8. The molecule has 0 atom stereocenters. The van der Waals surface area contributed by atoms with Crippen LogP contribution in [0.15, 0.2) is 72.9 Å². The van der Waals surface area contributed by atoms with E-state index in [0.29, 0.717) is 13.0 Å². The monoisotopic (exact) mass is 385 g/mol. The van der Waals surface area contributed by atoms with Crippen LogP contribution in [0.1, 0.15) is 58.3 Å². The number of allylic oxidation sites excluding steroid dienone is 12. The number of nitrogens with zero attached hydrogens (tertiary/aromatic N) is 1. The Hall–Kier alpha value is -2.13. The predicted octanol–water partition coefficient (Wildman–Crippen LogP) is 5.92. The molecule has 28 heavy (non-hydrogen) atoms. The minimum atomic E-state index is 0.0160. The number of aliphatic hydroxyl groups is 1. The third-order valence-corrected chi connectivity index (χ3v) is 3.98. The third-order valence-electron chi connectivity index (χ3n) is 3.98. The van der Waals surface area contributed by atoms with Gasteiger partial charge in [0.1, 0.15) is 0 Å². The van der Waals surface area contributed by atoms with Crippen LogP contribution >= 0.6 is 0 Å². The van der Waals surface area contributed by atoms with Crippen LogP contribution in [0.4, 0.5) is 0 Å². The second-order valence-electron chi connectivity index (χ2n) is 6.49. The van der Waals surface area contributed by atoms with E-state index in [1.807, 2.05) is 6.08 Å². The molecule has 1 amide bonds. The van der Waals surface area contributed by atoms with Gasteiger partial charge in [0.05, 0.1) is 6.61 Å². The fourth-order valence-corrected chi connectivity index (χ4v) is 2.31. The number of amides is 1. The van der Waals surface area contributed by atoms with E-state index in [2.05, 4.69) is 73.8 Å². The van der Waals surface area contributed by atoms with Crippen molar-refractivity contribution in [2.24, 2.45) is 0 Å². The summed E-state index contributed by atoms with van der Waals surface area (Å²) in [4.78, 5) is 13.2. The number of carbonyl (C=O) groups is 1. The molecule has 1 N–H and O–H groups in total. The largest absolute Gasteiger partial charge is 0.395 e. The summed E-state index contributed by atoms with van der Waals surface area (Å²) in [5, 5.41) is 8.79. The van der Waals surface area contributed by atoms with Gasteiger partial charge in [-0.25, -0.2) is 0 Å². The molecule has 0 aliphatic carbocycles. The lowest BCUT2D eigenvalue weighted by molar-refractivity contribution is -0.130. The lowest BCUT2D eigenvalue weighted by Gasteiger charge is -2.14. The molecule has 0 heterocycles. The van der Waals surface area contributed by atoms with Crippen LogP contribution in [0.3, 0.4) is 0 Å². The molecule has 0 rings (SSSR count). The van der Waals surface area contributed by atoms with Gasteiger partial charge in [0.15, 0.2) is 0 Å². The van der Waals surface area contributed by atoms with E-state index >= 15 is 0 Å². The van der Waals surface area contributed by atoms with E-state index in [9.17, 15) is 4.79 Å². The number of rotatable bonds is 16. The molecule has 0 aliphatic rings. The van der Waals surface area contributed by atoms with Crippen molar-refractivity contribution >= 4 is 5.91 Å². The SMILES string of the molecule is CC/C=C\C/C=C\C/C=C\C/C=C\C/C=C\C/C=C\CCC(=O)N(C)CCO. The van der Waals surface area contributed by atoms with Crippen molar-refractivity contribution in [2.75, 3.05) is 20.2 Å². The van der Waals surface area contributed by atoms with Crippen molar-refractivity contribution in [3.63, 3.8) is 0 Å². The Kier molecular flexibility index (Phi) is 19.6. The maximum Gasteiger partial charge on any atom is 0.222 e. The standard InChI is InChI=1S/C25H39NO2/c1-3-4-5-6-7-8-9-10-11-12-13-14-15-16-17-18-19-20-21-22-25(28)26(2)23-24-27/h4-5,7-8,10-11,13-14,16-17,19-20,27H,3,6,9,12,15,18,21-24H2,1-2H3/b5-4-,8-7-,11-10-,14-13-,17-16-,20-19-. The summed E-state index contributed by atoms with van der Waals surface area (Å²) in [6.45, 7) is 2.57. The first-order valence-corrected chi connectivity index (χ1v) is 10.5. The minimum absolute atomic E-state index is 0.0160. The first-order valence-electron chi connectivity index (χ1n) is 10.5. The quantitative estimate of drug-likeness (QED) is 0.335. The number of hydrogen-bond donors (Lipinski definition) is 1. The molecule has 0 aromatic rings. The molecule has 0 radical (unpaired) electrons. The number of aliphatic hydroxyl groups excluding tert-OH is 1. The summed E-state index contributed by atoms with van der Waals surface area (Å²) in [6.07, 6.45) is 33.3. The van der Waals surface area contributed by atoms with Crippen LogP contribution in [-0.4, -0.2) is 36.1 Å². The Morgan fingerprint density at radius 2 is 1.11 bits per heavy atom. The highest BCUT2D eigenvalue weighted by molar-refractivity contribution is 5.75. The van der Waals surface area contributed by atoms with Gasteiger partial charge >= 0.3 is 0 Å². The summed E-state index contributed by atoms with van der Waals surface area (Å²) in [5.74, 6) is 0.0774. The van der Waals surface area contributed by atoms with E-state index < -0.39 is 0 Å². The van der Waals surface area contributed by atoms with Gasteiger partial charge in [-0.1, -0.05) is 79.8 Å². The van der Waals surface area contributed by atoms with Crippen LogP contribution in [0.25, 0.3) is 0 Å². The highest BCUT2D eigenvalue weighted by atomic mass is 16.3. The molecule has 0 saturated heterocycles. The van der Waals surface area contributed by atoms with E-state index in [-0.39, 0.29) is 12.5 Å². The van der Waals surface area contributed by atoms with Crippen LogP contribution in [-0.2, 0) is 4.79 Å². The van der Waals surface area contributed by atoms with Gasteiger partial charge in [0.2, 0.25) is 5.91 Å². The van der Waals surface area contributed by atoms with E-state index in [1.54, 1.807) is 11.9 Å². The zero-order valence-electron chi connectivity index (χ0n) is 17.8. The first kappa shape index (κ1) is 25.9. The summed E-state index contributed by atoms with van der Waals surface area (Å²) in [6, 6.07) is 0. The van der Waals surface area contributed by atoms with Crippen LogP contribution in [0, 0.1) is 0 Å². The van der Waals surface area contributed by atoms with Crippen LogP contribution < -0.4 is 0 Å². The van der Waals surface area contributed by atoms with Crippen molar-refractivity contribution in [1.29, 1.82) is 0 Å². The first-order chi connectivity index (χ1) is 13.7. The van der Waals surface area contributed by atoms with Crippen LogP contribution in [0.2, 0.25) is 0 Å². The highest BCUT2D eigenvalue weighted by Gasteiger charge is 2.05. The van der Waals surface area contributed by atoms with Crippen molar-refractivity contribution < 1.29 is 9.90 Å². The molecule has 0 aliphatic heterocycles. The Morgan fingerprint density at radius 1 is 0.714 bits per heavy atom. The Morgan fingerprint density at radius 3 is 1.50 bits per heavy atom. The molecule has 0 bridgehead atoms. The smallest absolute Gasteiger partial charge is 0.222 e. The Labute approximate surface area is 172 Å². The van der Waals surface area contributed by atoms with Crippen molar-refractivity contribution in [2.45, 2.75) is 58.3 Å². The topological polar surface area (TPSA) is 40.5 Å². The summed E-state index contributed by atoms with van der Waals surface area (Å²) >= 11 is 0. The van der Waals surface area contributed by atoms with Gasteiger partial charge in [0.25, 0.3) is 0 Å². The molecule has 0 aromatic carbocycles. The Balaban J connectivity index is 3.62. The molecule has 3 heteroatoms. The zero-order chi connectivity index (χ0) is 20.7. The predicted molar refractivity (Wildman–Crippen MR) is 122 cm³/mol. The van der Waals surface area contributed by atoms with E-state index in [4.69, 9.17) is 5.11 Å². The second-order valence-corrected chi connectivity index (χ2v) is 6.49. The molecule has 0 spiro atoms. The number of carbonyl (C=O) groups excluding carboxylic acids is 1. The van der Waals surface area contributed by atoms with Gasteiger partial charge in [-0.3, -0.25) is 4.79 Å². The van der Waals surface area contributed by atoms with E-state index in [0.717, 1.165) is 44.9 Å². The van der Waals surface area contributed by atoms with Crippen molar-refractivity contribution in [3.8, 4) is 0 Å². The average molecular weight is 386 g/mol. The molecular formula is C25H39NO2. The molecule has 156 valence electrons. The molecule has 0 fully saturated rings.